The highest BCUT2D eigenvalue weighted by molar-refractivity contribution is 5.32. The molecule has 3 saturated carbocycles. The van der Waals surface area contributed by atoms with E-state index in [1.807, 2.05) is 0 Å². The molecule has 24 nitrogen and oxygen atoms in total. The lowest BCUT2D eigenvalue weighted by Crippen LogP contribution is -2.65. The van der Waals surface area contributed by atoms with Crippen molar-refractivity contribution >= 4 is 0 Å². The van der Waals surface area contributed by atoms with Crippen molar-refractivity contribution in [3.05, 3.63) is 11.6 Å². The highest BCUT2D eigenvalue weighted by atomic mass is 16.8. The number of fused-ring (bicyclic) bond motifs is 5. The van der Waals surface area contributed by atoms with Crippen LogP contribution in [-0.4, -0.2) is 255 Å². The Balaban J connectivity index is 0.970. The van der Waals surface area contributed by atoms with Crippen molar-refractivity contribution in [2.24, 2.45) is 39.4 Å². The molecule has 4 heterocycles. The Morgan fingerprint density at radius 3 is 1.65 bits per heavy atom. The Kier molecular flexibility index (Phi) is 18.8. The topological polar surface area (TPSA) is 398 Å². The van der Waals surface area contributed by atoms with Gasteiger partial charge in [-0.05, 0) is 93.8 Å². The second-order valence-corrected chi connectivity index (χ2v) is 25.3. The molecule has 4 aliphatic carbocycles. The zero-order valence-electron chi connectivity index (χ0n) is 45.2. The first-order valence-corrected chi connectivity index (χ1v) is 27.6. The molecule has 3 unspecified atom stereocenters. The van der Waals surface area contributed by atoms with Crippen molar-refractivity contribution in [1.29, 1.82) is 0 Å². The SMILES string of the molecule is CC(C)(O)[C@@H](CCCC1CC[C@@]2(C)C3CC=C4C(CC[C@H](O[C@@H]5O[C@H](CO)[C@@H](O)[C@H](O)[C@H]5O)C4(C)C)[C@]3(C)[C@H](O)C[C@]12C)O[C@@H]1O[C@H](CO[C@H]2O[C@H](CO)[C@@H](O)[C@H](O)[C@H]2O)[C@@H](O)[C@H](O)[C@H]1O[C@H]1O[C@@H](CO)[C@H](O)[C@@H](O)[C@@H]1O. The van der Waals surface area contributed by atoms with Gasteiger partial charge < -0.3 is 120 Å². The summed E-state index contributed by atoms with van der Waals surface area (Å²) in [5.41, 5.74) is -1.99. The molecule has 7 fully saturated rings. The second-order valence-electron chi connectivity index (χ2n) is 25.3. The van der Waals surface area contributed by atoms with Gasteiger partial charge in [-0.2, -0.15) is 0 Å². The lowest BCUT2D eigenvalue weighted by Gasteiger charge is -2.67. The Morgan fingerprint density at radius 2 is 1.10 bits per heavy atom. The molecule has 0 aromatic heterocycles. The fraction of sp³-hybridized carbons (Fsp3) is 0.962. The maximum atomic E-state index is 12.6. The molecule has 16 N–H and O–H groups in total. The van der Waals surface area contributed by atoms with Crippen molar-refractivity contribution in [1.82, 2.24) is 0 Å². The van der Waals surface area contributed by atoms with E-state index >= 15 is 0 Å². The Bertz CT molecular complexity index is 1990. The van der Waals surface area contributed by atoms with E-state index in [9.17, 15) is 81.7 Å². The molecule has 8 aliphatic rings. The van der Waals surface area contributed by atoms with Crippen molar-refractivity contribution in [3.8, 4) is 0 Å². The van der Waals surface area contributed by atoms with Gasteiger partial charge in [0, 0.05) is 10.8 Å². The van der Waals surface area contributed by atoms with Crippen molar-refractivity contribution in [3.63, 3.8) is 0 Å². The van der Waals surface area contributed by atoms with Crippen LogP contribution in [-0.2, 0) is 37.9 Å². The summed E-state index contributed by atoms with van der Waals surface area (Å²) in [6.07, 6.45) is -26.8. The van der Waals surface area contributed by atoms with Crippen LogP contribution in [0.3, 0.4) is 0 Å². The summed E-state index contributed by atoms with van der Waals surface area (Å²) in [7, 11) is 0. The van der Waals surface area contributed by atoms with E-state index in [-0.39, 0.29) is 35.0 Å². The van der Waals surface area contributed by atoms with Gasteiger partial charge in [-0.15, -0.1) is 0 Å². The van der Waals surface area contributed by atoms with Crippen LogP contribution in [0.1, 0.15) is 106 Å². The van der Waals surface area contributed by atoms with Crippen LogP contribution >= 0.6 is 0 Å². The zero-order valence-corrected chi connectivity index (χ0v) is 45.2. The molecule has 0 spiro atoms. The molecule has 446 valence electrons. The predicted octanol–water partition coefficient (Wildman–Crippen LogP) is -3.48. The molecule has 0 radical (unpaired) electrons. The summed E-state index contributed by atoms with van der Waals surface area (Å²) in [5.74, 6) is 0.268. The van der Waals surface area contributed by atoms with Gasteiger partial charge in [0.05, 0.1) is 50.3 Å². The number of allylic oxidation sites excluding steroid dienone is 1. The molecule has 4 saturated heterocycles. The molecular formula is C53H90O24. The van der Waals surface area contributed by atoms with Gasteiger partial charge in [0.15, 0.2) is 25.2 Å². The Labute approximate surface area is 449 Å². The minimum absolute atomic E-state index is 0.0139. The van der Waals surface area contributed by atoms with Crippen LogP contribution in [0, 0.1) is 39.4 Å². The van der Waals surface area contributed by atoms with E-state index < -0.39 is 184 Å². The van der Waals surface area contributed by atoms with E-state index in [4.69, 9.17) is 37.9 Å². The molecular weight excluding hydrogens is 1020 g/mol. The van der Waals surface area contributed by atoms with E-state index in [2.05, 4.69) is 40.7 Å². The van der Waals surface area contributed by atoms with Gasteiger partial charge in [0.2, 0.25) is 0 Å². The van der Waals surface area contributed by atoms with Gasteiger partial charge in [-0.25, -0.2) is 0 Å². The Hall–Kier alpha value is -1.22. The van der Waals surface area contributed by atoms with Crippen LogP contribution in [0.15, 0.2) is 11.6 Å². The summed E-state index contributed by atoms with van der Waals surface area (Å²) in [6.45, 7) is 11.3. The highest BCUT2D eigenvalue weighted by Gasteiger charge is 2.70. The van der Waals surface area contributed by atoms with Crippen molar-refractivity contribution in [2.45, 2.75) is 253 Å². The van der Waals surface area contributed by atoms with Gasteiger partial charge in [-0.3, -0.25) is 0 Å². The van der Waals surface area contributed by atoms with Gasteiger partial charge in [-0.1, -0.05) is 52.7 Å². The van der Waals surface area contributed by atoms with Gasteiger partial charge >= 0.3 is 0 Å². The van der Waals surface area contributed by atoms with Crippen molar-refractivity contribution < 1.29 is 120 Å². The molecule has 0 amide bonds. The fourth-order valence-electron chi connectivity index (χ4n) is 15.2. The maximum absolute atomic E-state index is 12.6. The highest BCUT2D eigenvalue weighted by Crippen LogP contribution is 2.74. The first-order valence-electron chi connectivity index (χ1n) is 27.6. The maximum Gasteiger partial charge on any atom is 0.187 e. The third-order valence-corrected chi connectivity index (χ3v) is 20.3. The molecule has 77 heavy (non-hydrogen) atoms. The van der Waals surface area contributed by atoms with E-state index in [1.165, 1.54) is 13.8 Å². The summed E-state index contributed by atoms with van der Waals surface area (Å²) >= 11 is 0. The van der Waals surface area contributed by atoms with Crippen LogP contribution in [0.5, 0.6) is 0 Å². The number of aliphatic hydroxyl groups excluding tert-OH is 15. The average molecular weight is 1110 g/mol. The smallest absolute Gasteiger partial charge is 0.187 e. The number of aliphatic hydroxyl groups is 16. The molecule has 0 bridgehead atoms. The van der Waals surface area contributed by atoms with E-state index in [0.717, 1.165) is 18.4 Å². The van der Waals surface area contributed by atoms with E-state index in [1.54, 1.807) is 0 Å². The number of hydrogen-bond donors (Lipinski definition) is 16. The third-order valence-electron chi connectivity index (χ3n) is 20.3. The standard InChI is InChI=1S/C53H90O24/c1-49(2)23-11-13-29-51(5)16-15-22(52(51,6)17-30(57)53(29,7)24(23)12-14-31(49)75-46-42(67)38(63)34(59)26(19-55)72-46)9-8-10-32(50(3,4)69)76-48-44(77-47-43(68)39(64)35(60)27(20-56)73-47)40(65)36(61)28(74-48)21-70-45-41(66)37(62)33(58)25(18-54)71-45/h11,22,24-48,54-69H,8-10,12-21H2,1-7H3/t22?,24?,25-,26-,27+,28-,29?,30-,31+,32-,33-,34-,35+,36-,37+,38+,39-,40+,41-,42-,43+,44-,45+,46+,47-,48+,51+,52-,53+/m1/s1. The summed E-state index contributed by atoms with van der Waals surface area (Å²) in [4.78, 5) is 0. The minimum Gasteiger partial charge on any atom is -0.394 e. The molecule has 24 heteroatoms. The molecule has 8 rings (SSSR count). The normalized spacial score (nSPS) is 51.5. The number of ether oxygens (including phenoxy) is 8. The minimum atomic E-state index is -1.93. The predicted molar refractivity (Wildman–Crippen MR) is 263 cm³/mol. The molecule has 0 aromatic rings. The number of hydrogen-bond acceptors (Lipinski definition) is 24. The monoisotopic (exact) mass is 1110 g/mol. The number of rotatable bonds is 17. The first-order chi connectivity index (χ1) is 36.0. The molecule has 29 atom stereocenters. The summed E-state index contributed by atoms with van der Waals surface area (Å²) in [6, 6.07) is 0. The summed E-state index contributed by atoms with van der Waals surface area (Å²) in [5, 5.41) is 172. The quantitative estimate of drug-likeness (QED) is 0.0629. The van der Waals surface area contributed by atoms with Gasteiger partial charge in [0.1, 0.15) is 97.7 Å². The fourth-order valence-corrected chi connectivity index (χ4v) is 15.2. The average Bonchev–Trinajstić information content (AvgIpc) is 3.87. The third kappa shape index (κ3) is 11.0. The van der Waals surface area contributed by atoms with Crippen LogP contribution in [0.25, 0.3) is 0 Å². The zero-order chi connectivity index (χ0) is 56.6. The second kappa shape index (κ2) is 23.4. The lowest BCUT2D eigenvalue weighted by atomic mass is 9.38. The summed E-state index contributed by atoms with van der Waals surface area (Å²) < 4.78 is 47.6. The first kappa shape index (κ1) is 61.8. The lowest BCUT2D eigenvalue weighted by molar-refractivity contribution is -0.380. The molecule has 0 aromatic carbocycles. The Morgan fingerprint density at radius 1 is 0.597 bits per heavy atom. The van der Waals surface area contributed by atoms with E-state index in [0.29, 0.717) is 38.5 Å². The van der Waals surface area contributed by atoms with Crippen LogP contribution < -0.4 is 0 Å². The van der Waals surface area contributed by atoms with Crippen LogP contribution in [0.2, 0.25) is 0 Å². The van der Waals surface area contributed by atoms with Crippen molar-refractivity contribution in [2.75, 3.05) is 26.4 Å². The molecule has 4 aliphatic heterocycles. The van der Waals surface area contributed by atoms with Gasteiger partial charge in [0.25, 0.3) is 0 Å². The van der Waals surface area contributed by atoms with Crippen LogP contribution in [0.4, 0.5) is 0 Å². The largest absolute Gasteiger partial charge is 0.394 e.